The summed E-state index contributed by atoms with van der Waals surface area (Å²) in [5, 5.41) is 30.1. The van der Waals surface area contributed by atoms with E-state index in [1.807, 2.05) is 0 Å². The highest BCUT2D eigenvalue weighted by molar-refractivity contribution is 5.49. The molecule has 0 bridgehead atoms. The molecular weight excluding hydrogens is 300 g/mol. The topological polar surface area (TPSA) is 60.7 Å². The van der Waals surface area contributed by atoms with Gasteiger partial charge in [-0.25, -0.2) is 0 Å². The summed E-state index contributed by atoms with van der Waals surface area (Å²) in [5.41, 5.74) is 0.647. The van der Waals surface area contributed by atoms with E-state index in [1.165, 1.54) is 69.9 Å². The lowest BCUT2D eigenvalue weighted by Crippen LogP contribution is -2.43. The molecule has 4 rings (SSSR count). The van der Waals surface area contributed by atoms with Crippen molar-refractivity contribution in [3.8, 4) is 17.2 Å². The molecule has 1 aromatic carbocycles. The van der Waals surface area contributed by atoms with Crippen LogP contribution in [0, 0.1) is 29.6 Å². The van der Waals surface area contributed by atoms with Gasteiger partial charge in [0.05, 0.1) is 0 Å². The second kappa shape index (κ2) is 6.50. The zero-order valence-corrected chi connectivity index (χ0v) is 14.5. The van der Waals surface area contributed by atoms with Gasteiger partial charge in [-0.3, -0.25) is 0 Å². The molecule has 0 aliphatic heterocycles. The van der Waals surface area contributed by atoms with Crippen LogP contribution < -0.4 is 0 Å². The van der Waals surface area contributed by atoms with Gasteiger partial charge in [0, 0.05) is 17.7 Å². The first-order valence-electron chi connectivity index (χ1n) is 9.87. The van der Waals surface area contributed by atoms with Crippen molar-refractivity contribution in [2.24, 2.45) is 29.6 Å². The Hall–Kier alpha value is -1.38. The van der Waals surface area contributed by atoms with Gasteiger partial charge in [-0.15, -0.1) is 0 Å². The summed E-state index contributed by atoms with van der Waals surface area (Å²) in [6.07, 6.45) is 13.0. The number of hydrogen-bond acceptors (Lipinski definition) is 3. The fourth-order valence-corrected chi connectivity index (χ4v) is 6.27. The molecule has 3 fully saturated rings. The summed E-state index contributed by atoms with van der Waals surface area (Å²) in [6, 6.07) is 2.74. The highest BCUT2D eigenvalue weighted by atomic mass is 16.3. The summed E-state index contributed by atoms with van der Waals surface area (Å²) in [6.45, 7) is 0. The molecule has 0 heterocycles. The molecule has 0 saturated heterocycles. The number of hydrogen-bond donors (Lipinski definition) is 3. The molecule has 3 nitrogen and oxygen atoms in total. The lowest BCUT2D eigenvalue weighted by molar-refractivity contribution is -0.0113. The Kier molecular flexibility index (Phi) is 4.36. The Labute approximate surface area is 144 Å². The Morgan fingerprint density at radius 2 is 1.25 bits per heavy atom. The predicted molar refractivity (Wildman–Crippen MR) is 94.1 cm³/mol. The lowest BCUT2D eigenvalue weighted by Gasteiger charge is -2.51. The standard InChI is InChI=1S/C21H30O3/c22-15-10-20(23)19(21(24)11-15)12-18-16-7-3-1-5-13(16)9-14-6-2-4-8-17(14)18/h10-11,13-14,16-18,22-24H,1-9,12H2. The zero-order chi connectivity index (χ0) is 16.7. The van der Waals surface area contributed by atoms with Gasteiger partial charge in [-0.2, -0.15) is 0 Å². The maximum absolute atomic E-state index is 10.3. The molecule has 3 saturated carbocycles. The highest BCUT2D eigenvalue weighted by Crippen LogP contribution is 2.54. The molecule has 3 N–H and O–H groups in total. The molecule has 132 valence electrons. The van der Waals surface area contributed by atoms with Gasteiger partial charge in [0.15, 0.2) is 0 Å². The van der Waals surface area contributed by atoms with Crippen LogP contribution in [0.15, 0.2) is 12.1 Å². The van der Waals surface area contributed by atoms with Crippen molar-refractivity contribution >= 4 is 0 Å². The minimum Gasteiger partial charge on any atom is -0.508 e. The van der Waals surface area contributed by atoms with E-state index in [2.05, 4.69) is 0 Å². The quantitative estimate of drug-likeness (QED) is 0.717. The predicted octanol–water partition coefficient (Wildman–Crippen LogP) is 4.98. The van der Waals surface area contributed by atoms with Gasteiger partial charge in [0.2, 0.25) is 0 Å². The van der Waals surface area contributed by atoms with Gasteiger partial charge in [0.1, 0.15) is 17.2 Å². The van der Waals surface area contributed by atoms with Crippen LogP contribution in [0.4, 0.5) is 0 Å². The largest absolute Gasteiger partial charge is 0.508 e. The molecule has 3 aliphatic carbocycles. The normalized spacial score (nSPS) is 35.9. The first-order chi connectivity index (χ1) is 11.6. The van der Waals surface area contributed by atoms with E-state index in [9.17, 15) is 15.3 Å². The van der Waals surface area contributed by atoms with E-state index in [1.54, 1.807) is 0 Å². The van der Waals surface area contributed by atoms with Crippen molar-refractivity contribution in [3.63, 3.8) is 0 Å². The molecule has 1 aromatic rings. The van der Waals surface area contributed by atoms with E-state index in [-0.39, 0.29) is 17.2 Å². The van der Waals surface area contributed by atoms with Gasteiger partial charge in [-0.05, 0) is 55.3 Å². The third kappa shape index (κ3) is 2.87. The molecule has 4 unspecified atom stereocenters. The number of aromatic hydroxyl groups is 3. The van der Waals surface area contributed by atoms with Crippen molar-refractivity contribution < 1.29 is 15.3 Å². The molecule has 0 amide bonds. The van der Waals surface area contributed by atoms with Gasteiger partial charge >= 0.3 is 0 Å². The van der Waals surface area contributed by atoms with Crippen LogP contribution in [0.3, 0.4) is 0 Å². The van der Waals surface area contributed by atoms with E-state index < -0.39 is 0 Å². The Morgan fingerprint density at radius 3 is 1.79 bits per heavy atom. The number of benzene rings is 1. The fraction of sp³-hybridized carbons (Fsp3) is 0.714. The van der Waals surface area contributed by atoms with Crippen LogP contribution in [0.5, 0.6) is 17.2 Å². The summed E-state index contributed by atoms with van der Waals surface area (Å²) in [5.74, 6) is 3.83. The number of rotatable bonds is 2. The molecular formula is C21H30O3. The minimum atomic E-state index is -0.0662. The molecule has 24 heavy (non-hydrogen) atoms. The van der Waals surface area contributed by atoms with Gasteiger partial charge < -0.3 is 15.3 Å². The van der Waals surface area contributed by atoms with Crippen LogP contribution >= 0.6 is 0 Å². The van der Waals surface area contributed by atoms with E-state index >= 15 is 0 Å². The number of fused-ring (bicyclic) bond motifs is 2. The second-order valence-electron chi connectivity index (χ2n) is 8.48. The third-order valence-corrected chi connectivity index (χ3v) is 7.27. The van der Waals surface area contributed by atoms with Crippen LogP contribution in [-0.2, 0) is 6.42 Å². The maximum atomic E-state index is 10.3. The van der Waals surface area contributed by atoms with E-state index in [4.69, 9.17) is 0 Å². The molecule has 4 atom stereocenters. The second-order valence-corrected chi connectivity index (χ2v) is 8.48. The molecule has 3 aliphatic rings. The molecule has 0 aromatic heterocycles. The Bertz CT molecular complexity index is 552. The van der Waals surface area contributed by atoms with Crippen molar-refractivity contribution in [2.75, 3.05) is 0 Å². The number of phenols is 3. The Morgan fingerprint density at radius 1 is 0.750 bits per heavy atom. The van der Waals surface area contributed by atoms with Gasteiger partial charge in [-0.1, -0.05) is 38.5 Å². The summed E-state index contributed by atoms with van der Waals surface area (Å²) in [4.78, 5) is 0. The van der Waals surface area contributed by atoms with E-state index in [0.29, 0.717) is 11.5 Å². The molecule has 0 spiro atoms. The lowest BCUT2D eigenvalue weighted by atomic mass is 9.54. The average molecular weight is 330 g/mol. The number of phenolic OH excluding ortho intramolecular Hbond substituents is 3. The van der Waals surface area contributed by atoms with Crippen molar-refractivity contribution in [2.45, 2.75) is 64.2 Å². The van der Waals surface area contributed by atoms with Crippen molar-refractivity contribution in [1.29, 1.82) is 0 Å². The SMILES string of the molecule is Oc1cc(O)c(CC2C3CCCCC3CC3CCCCC32)c(O)c1. The fourth-order valence-electron chi connectivity index (χ4n) is 6.27. The maximum Gasteiger partial charge on any atom is 0.126 e. The Balaban J connectivity index is 1.65. The summed E-state index contributed by atoms with van der Waals surface area (Å²) >= 11 is 0. The minimum absolute atomic E-state index is 0.0535. The monoisotopic (exact) mass is 330 g/mol. The summed E-state index contributed by atoms with van der Waals surface area (Å²) in [7, 11) is 0. The van der Waals surface area contributed by atoms with Crippen molar-refractivity contribution in [1.82, 2.24) is 0 Å². The van der Waals surface area contributed by atoms with E-state index in [0.717, 1.165) is 30.1 Å². The van der Waals surface area contributed by atoms with Crippen LogP contribution in [0.2, 0.25) is 0 Å². The van der Waals surface area contributed by atoms with Gasteiger partial charge in [0.25, 0.3) is 0 Å². The van der Waals surface area contributed by atoms with Crippen LogP contribution in [0.1, 0.15) is 63.4 Å². The molecule has 0 radical (unpaired) electrons. The highest BCUT2D eigenvalue weighted by Gasteiger charge is 2.45. The smallest absolute Gasteiger partial charge is 0.126 e. The van der Waals surface area contributed by atoms with Crippen LogP contribution in [0.25, 0.3) is 0 Å². The zero-order valence-electron chi connectivity index (χ0n) is 14.5. The molecule has 3 heteroatoms. The summed E-state index contributed by atoms with van der Waals surface area (Å²) < 4.78 is 0. The average Bonchev–Trinajstić information content (AvgIpc) is 2.57. The third-order valence-electron chi connectivity index (χ3n) is 7.27. The van der Waals surface area contributed by atoms with Crippen molar-refractivity contribution in [3.05, 3.63) is 17.7 Å². The van der Waals surface area contributed by atoms with Crippen LogP contribution in [-0.4, -0.2) is 15.3 Å². The first kappa shape index (κ1) is 16.1. The first-order valence-corrected chi connectivity index (χ1v) is 9.87.